The van der Waals surface area contributed by atoms with Gasteiger partial charge in [0.05, 0.1) is 10.5 Å². The predicted molar refractivity (Wildman–Crippen MR) is 72.2 cm³/mol. The first kappa shape index (κ1) is 14.0. The summed E-state index contributed by atoms with van der Waals surface area (Å²) in [6.45, 7) is 1.66. The molecular formula is C14H13FN2O3. The molecule has 0 aromatic heterocycles. The number of halogens is 1. The lowest BCUT2D eigenvalue weighted by molar-refractivity contribution is -0.385. The summed E-state index contributed by atoms with van der Waals surface area (Å²) in [4.78, 5) is 10.4. The van der Waals surface area contributed by atoms with E-state index in [0.717, 1.165) is 0 Å². The van der Waals surface area contributed by atoms with Crippen molar-refractivity contribution >= 4 is 5.69 Å². The molecule has 0 atom stereocenters. The highest BCUT2D eigenvalue weighted by Crippen LogP contribution is 2.33. The molecule has 0 unspecified atom stereocenters. The normalized spacial score (nSPS) is 10.3. The zero-order valence-electron chi connectivity index (χ0n) is 10.8. The summed E-state index contributed by atoms with van der Waals surface area (Å²) in [5.41, 5.74) is 6.29. The van der Waals surface area contributed by atoms with E-state index in [2.05, 4.69) is 0 Å². The van der Waals surface area contributed by atoms with Crippen molar-refractivity contribution in [2.24, 2.45) is 5.73 Å². The molecule has 0 saturated heterocycles. The highest BCUT2D eigenvalue weighted by molar-refractivity contribution is 5.50. The van der Waals surface area contributed by atoms with Gasteiger partial charge in [-0.1, -0.05) is 18.2 Å². The summed E-state index contributed by atoms with van der Waals surface area (Å²) in [5.74, 6) is -0.323. The van der Waals surface area contributed by atoms with Crippen molar-refractivity contribution in [3.8, 4) is 11.5 Å². The summed E-state index contributed by atoms with van der Waals surface area (Å²) >= 11 is 0. The Balaban J connectivity index is 2.46. The van der Waals surface area contributed by atoms with E-state index in [4.69, 9.17) is 10.5 Å². The third kappa shape index (κ3) is 2.60. The Morgan fingerprint density at radius 1 is 1.30 bits per heavy atom. The zero-order valence-corrected chi connectivity index (χ0v) is 10.8. The minimum atomic E-state index is -0.557. The minimum Gasteiger partial charge on any atom is -0.453 e. The second-order valence-corrected chi connectivity index (χ2v) is 4.19. The van der Waals surface area contributed by atoms with E-state index >= 15 is 0 Å². The van der Waals surface area contributed by atoms with Crippen molar-refractivity contribution in [2.45, 2.75) is 13.5 Å². The SMILES string of the molecule is Cc1c(Oc2c(F)cccc2CN)cccc1[N+](=O)[O-]. The summed E-state index contributed by atoms with van der Waals surface area (Å²) in [6, 6.07) is 8.84. The Bertz CT molecular complexity index is 659. The lowest BCUT2D eigenvalue weighted by Gasteiger charge is -2.12. The first-order valence-corrected chi connectivity index (χ1v) is 5.94. The Morgan fingerprint density at radius 2 is 2.00 bits per heavy atom. The monoisotopic (exact) mass is 276 g/mol. The first-order valence-electron chi connectivity index (χ1n) is 5.94. The van der Waals surface area contributed by atoms with Crippen LogP contribution in [-0.2, 0) is 6.54 Å². The second-order valence-electron chi connectivity index (χ2n) is 4.19. The molecule has 6 heteroatoms. The molecule has 0 bridgehead atoms. The number of nitrogens with two attached hydrogens (primary N) is 1. The molecule has 0 radical (unpaired) electrons. The van der Waals surface area contributed by atoms with E-state index in [1.807, 2.05) is 0 Å². The van der Waals surface area contributed by atoms with Crippen molar-refractivity contribution in [2.75, 3.05) is 0 Å². The Hall–Kier alpha value is -2.47. The third-order valence-electron chi connectivity index (χ3n) is 2.93. The molecule has 0 aliphatic rings. The fourth-order valence-corrected chi connectivity index (χ4v) is 1.85. The first-order chi connectivity index (χ1) is 9.54. The average molecular weight is 276 g/mol. The van der Waals surface area contributed by atoms with Gasteiger partial charge in [-0.3, -0.25) is 10.1 Å². The molecule has 2 rings (SSSR count). The van der Waals surface area contributed by atoms with Gasteiger partial charge in [-0.2, -0.15) is 0 Å². The van der Waals surface area contributed by atoms with Crippen molar-refractivity contribution < 1.29 is 14.1 Å². The fraction of sp³-hybridized carbons (Fsp3) is 0.143. The molecule has 5 nitrogen and oxygen atoms in total. The van der Waals surface area contributed by atoms with E-state index in [0.29, 0.717) is 11.1 Å². The maximum Gasteiger partial charge on any atom is 0.276 e. The van der Waals surface area contributed by atoms with Gasteiger partial charge >= 0.3 is 0 Å². The van der Waals surface area contributed by atoms with Crippen LogP contribution >= 0.6 is 0 Å². The number of para-hydroxylation sites is 1. The van der Waals surface area contributed by atoms with Gasteiger partial charge in [0.15, 0.2) is 11.6 Å². The molecule has 0 aliphatic carbocycles. The topological polar surface area (TPSA) is 78.4 Å². The van der Waals surface area contributed by atoms with Crippen LogP contribution in [0.15, 0.2) is 36.4 Å². The molecule has 0 fully saturated rings. The van der Waals surface area contributed by atoms with Crippen molar-refractivity contribution in [1.82, 2.24) is 0 Å². The molecule has 0 aliphatic heterocycles. The van der Waals surface area contributed by atoms with E-state index < -0.39 is 10.7 Å². The lowest BCUT2D eigenvalue weighted by Crippen LogP contribution is -2.02. The molecule has 0 amide bonds. The Labute approximate surface area is 114 Å². The number of nitro benzene ring substituents is 1. The van der Waals surface area contributed by atoms with Gasteiger partial charge in [0.2, 0.25) is 0 Å². The van der Waals surface area contributed by atoms with Crippen LogP contribution in [0.25, 0.3) is 0 Å². The molecular weight excluding hydrogens is 263 g/mol. The zero-order chi connectivity index (χ0) is 14.7. The molecule has 0 spiro atoms. The van der Waals surface area contributed by atoms with Gasteiger partial charge in [0.1, 0.15) is 5.75 Å². The summed E-state index contributed by atoms with van der Waals surface area (Å²) < 4.78 is 19.3. The molecule has 2 aromatic rings. The lowest BCUT2D eigenvalue weighted by atomic mass is 10.1. The number of hydrogen-bond donors (Lipinski definition) is 1. The maximum atomic E-state index is 13.8. The molecule has 20 heavy (non-hydrogen) atoms. The third-order valence-corrected chi connectivity index (χ3v) is 2.93. The number of hydrogen-bond acceptors (Lipinski definition) is 4. The fourth-order valence-electron chi connectivity index (χ4n) is 1.85. The summed E-state index contributed by atoms with van der Waals surface area (Å²) in [7, 11) is 0. The predicted octanol–water partition coefficient (Wildman–Crippen LogP) is 3.29. The van der Waals surface area contributed by atoms with Gasteiger partial charge in [0, 0.05) is 18.2 Å². The van der Waals surface area contributed by atoms with E-state index in [1.165, 1.54) is 24.3 Å². The second kappa shape index (κ2) is 5.66. The van der Waals surface area contributed by atoms with Crippen LogP contribution < -0.4 is 10.5 Å². The smallest absolute Gasteiger partial charge is 0.276 e. The van der Waals surface area contributed by atoms with Crippen LogP contribution in [-0.4, -0.2) is 4.92 Å². The van der Waals surface area contributed by atoms with Gasteiger partial charge in [-0.15, -0.1) is 0 Å². The molecule has 2 N–H and O–H groups in total. The maximum absolute atomic E-state index is 13.8. The van der Waals surface area contributed by atoms with Crippen LogP contribution in [0.3, 0.4) is 0 Å². The van der Waals surface area contributed by atoms with Gasteiger partial charge < -0.3 is 10.5 Å². The van der Waals surface area contributed by atoms with Gasteiger partial charge in [0.25, 0.3) is 5.69 Å². The number of nitro groups is 1. The van der Waals surface area contributed by atoms with Crippen LogP contribution in [0.1, 0.15) is 11.1 Å². The molecule has 104 valence electrons. The Morgan fingerprint density at radius 3 is 2.65 bits per heavy atom. The van der Waals surface area contributed by atoms with Crippen LogP contribution in [0.4, 0.5) is 10.1 Å². The van der Waals surface area contributed by atoms with Gasteiger partial charge in [-0.05, 0) is 19.1 Å². The van der Waals surface area contributed by atoms with Gasteiger partial charge in [-0.25, -0.2) is 4.39 Å². The van der Waals surface area contributed by atoms with Crippen LogP contribution in [0.2, 0.25) is 0 Å². The quantitative estimate of drug-likeness (QED) is 0.686. The Kier molecular flexibility index (Phi) is 3.95. The molecule has 0 saturated carbocycles. The van der Waals surface area contributed by atoms with Crippen molar-refractivity contribution in [3.63, 3.8) is 0 Å². The van der Waals surface area contributed by atoms with E-state index in [9.17, 15) is 14.5 Å². The van der Waals surface area contributed by atoms with E-state index in [-0.39, 0.29) is 23.7 Å². The standard InChI is InChI=1S/C14H13FN2O3/c1-9-12(17(18)19)6-3-7-13(9)20-14-10(8-16)4-2-5-11(14)15/h2-7H,8,16H2,1H3. The minimum absolute atomic E-state index is 0.00130. The van der Waals surface area contributed by atoms with Crippen molar-refractivity contribution in [1.29, 1.82) is 0 Å². The number of nitrogens with zero attached hydrogens (tertiary/aromatic N) is 1. The average Bonchev–Trinajstić information content (AvgIpc) is 2.42. The van der Waals surface area contributed by atoms with Crippen LogP contribution in [0, 0.1) is 22.9 Å². The molecule has 2 aromatic carbocycles. The highest BCUT2D eigenvalue weighted by atomic mass is 19.1. The summed E-state index contributed by atoms with van der Waals surface area (Å²) in [5, 5.41) is 10.9. The highest BCUT2D eigenvalue weighted by Gasteiger charge is 2.17. The van der Waals surface area contributed by atoms with E-state index in [1.54, 1.807) is 19.1 Å². The molecule has 0 heterocycles. The number of benzene rings is 2. The number of rotatable bonds is 4. The largest absolute Gasteiger partial charge is 0.453 e. The van der Waals surface area contributed by atoms with Crippen LogP contribution in [0.5, 0.6) is 11.5 Å². The van der Waals surface area contributed by atoms with Crippen molar-refractivity contribution in [3.05, 3.63) is 63.5 Å². The number of ether oxygens (including phenoxy) is 1. The summed E-state index contributed by atoms with van der Waals surface area (Å²) in [6.07, 6.45) is 0.